The van der Waals surface area contributed by atoms with E-state index in [-0.39, 0.29) is 13.0 Å². The van der Waals surface area contributed by atoms with Gasteiger partial charge in [0.15, 0.2) is 0 Å². The fourth-order valence-corrected chi connectivity index (χ4v) is 7.52. The van der Waals surface area contributed by atoms with E-state index in [1.54, 1.807) is 0 Å². The fraction of sp³-hybridized carbons (Fsp3) is 0.704. The number of phosphoric acid groups is 1. The molecule has 3 unspecified atom stereocenters. The average molecular weight is 932 g/mol. The van der Waals surface area contributed by atoms with Crippen LogP contribution in [0.15, 0.2) is 85.1 Å². The van der Waals surface area contributed by atoms with Crippen LogP contribution in [0.3, 0.4) is 0 Å². The third kappa shape index (κ3) is 48.9. The second kappa shape index (κ2) is 49.1. The molecule has 0 bridgehead atoms. The number of nitrogens with two attached hydrogens (primary N) is 1. The maximum Gasteiger partial charge on any atom is 0.472 e. The van der Waals surface area contributed by atoms with Crippen LogP contribution in [0.1, 0.15) is 206 Å². The number of carboxylic acid groups (broad SMARTS) is 1. The van der Waals surface area contributed by atoms with Gasteiger partial charge in [0.2, 0.25) is 0 Å². The SMILES string of the molecule is CC/C=C\C/C=C\C/C=C\C/C=C\C/C=C\C/C=C\CCC(=O)OC(COCCCCCCCCCCCCCC/C=C\CCCCCCCCCC)COP(=O)(O)OCC(N)C(=O)O. The lowest BCUT2D eigenvalue weighted by atomic mass is 10.0. The van der Waals surface area contributed by atoms with Crippen molar-refractivity contribution in [3.63, 3.8) is 0 Å². The number of carbonyl (C=O) groups is 2. The number of aliphatic carboxylic acids is 1. The number of unbranched alkanes of at least 4 members (excludes halogenated alkanes) is 20. The number of ether oxygens (including phenoxy) is 2. The lowest BCUT2D eigenvalue weighted by molar-refractivity contribution is -0.154. The summed E-state index contributed by atoms with van der Waals surface area (Å²) in [5.74, 6) is -1.87. The van der Waals surface area contributed by atoms with E-state index in [4.69, 9.17) is 29.4 Å². The number of carbonyl (C=O) groups excluding carboxylic acids is 1. The minimum Gasteiger partial charge on any atom is -0.480 e. The predicted molar refractivity (Wildman–Crippen MR) is 272 cm³/mol. The molecule has 0 rings (SSSR count). The number of esters is 1. The first-order valence-corrected chi connectivity index (χ1v) is 27.1. The Labute approximate surface area is 397 Å². The first-order valence-electron chi connectivity index (χ1n) is 25.6. The van der Waals surface area contributed by atoms with Crippen molar-refractivity contribution in [2.75, 3.05) is 26.4 Å². The van der Waals surface area contributed by atoms with Crippen LogP contribution in [-0.4, -0.2) is 60.5 Å². The van der Waals surface area contributed by atoms with Crippen LogP contribution >= 0.6 is 7.82 Å². The molecule has 10 nitrogen and oxygen atoms in total. The van der Waals surface area contributed by atoms with Crippen LogP contribution in [0.4, 0.5) is 0 Å². The molecule has 0 aliphatic rings. The molecule has 0 aliphatic carbocycles. The first-order chi connectivity index (χ1) is 31.7. The summed E-state index contributed by atoms with van der Waals surface area (Å²) in [6.07, 6.45) is 63.8. The van der Waals surface area contributed by atoms with Gasteiger partial charge in [0, 0.05) is 13.0 Å². The Kier molecular flexibility index (Phi) is 46.9. The number of rotatable bonds is 48. The van der Waals surface area contributed by atoms with E-state index in [1.807, 2.05) is 12.2 Å². The van der Waals surface area contributed by atoms with E-state index >= 15 is 0 Å². The van der Waals surface area contributed by atoms with Crippen LogP contribution in [-0.2, 0) is 32.7 Å². The Balaban J connectivity index is 4.23. The van der Waals surface area contributed by atoms with Gasteiger partial charge < -0.3 is 25.2 Å². The largest absolute Gasteiger partial charge is 0.480 e. The Morgan fingerprint density at radius 3 is 1.34 bits per heavy atom. The van der Waals surface area contributed by atoms with Crippen molar-refractivity contribution in [3.05, 3.63) is 85.1 Å². The molecule has 65 heavy (non-hydrogen) atoms. The van der Waals surface area contributed by atoms with Crippen LogP contribution in [0.5, 0.6) is 0 Å². The minimum absolute atomic E-state index is 0.0175. The summed E-state index contributed by atoms with van der Waals surface area (Å²) in [6, 6.07) is -1.49. The zero-order valence-corrected chi connectivity index (χ0v) is 42.0. The molecule has 0 amide bonds. The molecular formula is C54H94NO9P. The molecule has 374 valence electrons. The smallest absolute Gasteiger partial charge is 0.472 e. The number of hydrogen-bond acceptors (Lipinski definition) is 8. The summed E-state index contributed by atoms with van der Waals surface area (Å²) in [4.78, 5) is 33.6. The van der Waals surface area contributed by atoms with Crippen LogP contribution in [0.2, 0.25) is 0 Å². The first kappa shape index (κ1) is 62.1. The maximum absolute atomic E-state index is 12.7. The molecule has 0 aromatic heterocycles. The summed E-state index contributed by atoms with van der Waals surface area (Å²) >= 11 is 0. The standard InChI is InChI=1S/C54H94NO9P/c1-3-5-7-9-11-13-15-17-19-21-23-24-25-26-27-29-31-33-35-37-39-41-43-45-47-61-48-51(49-62-65(59,60)63-50-52(55)54(57)58)64-53(56)46-44-42-40-38-36-34-32-30-28-22-20-18-16-14-12-10-8-6-4-2/h6,8,12,14,18,20-21,23,28,30,34,36,40,42,51-52H,3-5,7,9-11,13,15-17,19,22,24-27,29,31-33,35,37-39,41,43-50,55H2,1-2H3,(H,57,58)(H,59,60)/b8-6-,14-12-,20-18-,23-21-,30-28-,36-34-,42-40-. The molecule has 0 radical (unpaired) electrons. The van der Waals surface area contributed by atoms with Crippen molar-refractivity contribution in [1.29, 1.82) is 0 Å². The lowest BCUT2D eigenvalue weighted by Gasteiger charge is -2.20. The molecule has 0 fully saturated rings. The second-order valence-electron chi connectivity index (χ2n) is 16.9. The van der Waals surface area contributed by atoms with E-state index < -0.39 is 45.1 Å². The zero-order chi connectivity index (χ0) is 47.6. The molecule has 0 aromatic rings. The topological polar surface area (TPSA) is 155 Å². The average Bonchev–Trinajstić information content (AvgIpc) is 3.29. The molecule has 0 saturated heterocycles. The number of carboxylic acids is 1. The normalized spacial score (nSPS) is 14.4. The Morgan fingerprint density at radius 2 is 0.892 bits per heavy atom. The van der Waals surface area contributed by atoms with E-state index in [0.29, 0.717) is 13.0 Å². The molecule has 0 heterocycles. The highest BCUT2D eigenvalue weighted by Crippen LogP contribution is 2.43. The molecular weight excluding hydrogens is 838 g/mol. The highest BCUT2D eigenvalue weighted by molar-refractivity contribution is 7.47. The maximum atomic E-state index is 12.7. The van der Waals surface area contributed by atoms with Crippen LogP contribution in [0, 0.1) is 0 Å². The second-order valence-corrected chi connectivity index (χ2v) is 18.4. The van der Waals surface area contributed by atoms with E-state index in [0.717, 1.165) is 57.8 Å². The van der Waals surface area contributed by atoms with Gasteiger partial charge in [-0.25, -0.2) is 4.57 Å². The van der Waals surface area contributed by atoms with Gasteiger partial charge in [-0.1, -0.05) is 208 Å². The zero-order valence-electron chi connectivity index (χ0n) is 41.1. The molecule has 0 aliphatic heterocycles. The number of allylic oxidation sites excluding steroid dienone is 14. The minimum atomic E-state index is -4.65. The van der Waals surface area contributed by atoms with Crippen molar-refractivity contribution < 1.29 is 42.7 Å². The van der Waals surface area contributed by atoms with Crippen LogP contribution in [0.25, 0.3) is 0 Å². The van der Waals surface area contributed by atoms with Crippen molar-refractivity contribution in [1.82, 2.24) is 0 Å². The molecule has 0 spiro atoms. The summed E-state index contributed by atoms with van der Waals surface area (Å²) in [6.45, 7) is 3.68. The van der Waals surface area contributed by atoms with Crippen molar-refractivity contribution in [3.8, 4) is 0 Å². The molecule has 0 aromatic carbocycles. The van der Waals surface area contributed by atoms with Gasteiger partial charge in [0.25, 0.3) is 0 Å². The van der Waals surface area contributed by atoms with E-state index in [2.05, 4.69) is 86.8 Å². The molecule has 3 atom stereocenters. The summed E-state index contributed by atoms with van der Waals surface area (Å²) in [7, 11) is -4.65. The lowest BCUT2D eigenvalue weighted by Crippen LogP contribution is -2.34. The highest BCUT2D eigenvalue weighted by Gasteiger charge is 2.27. The van der Waals surface area contributed by atoms with Crippen molar-refractivity contribution in [2.45, 2.75) is 219 Å². The predicted octanol–water partition coefficient (Wildman–Crippen LogP) is 15.1. The van der Waals surface area contributed by atoms with Crippen LogP contribution < -0.4 is 5.73 Å². The Bertz CT molecular complexity index is 1360. The van der Waals surface area contributed by atoms with Gasteiger partial charge in [-0.05, 0) is 77.0 Å². The van der Waals surface area contributed by atoms with E-state index in [1.165, 1.54) is 122 Å². The third-order valence-electron chi connectivity index (χ3n) is 10.7. The number of phosphoric ester groups is 1. The van der Waals surface area contributed by atoms with Gasteiger partial charge in [0.1, 0.15) is 12.1 Å². The quantitative estimate of drug-likeness (QED) is 0.0232. The third-order valence-corrected chi connectivity index (χ3v) is 11.6. The van der Waals surface area contributed by atoms with E-state index in [9.17, 15) is 19.0 Å². The Hall–Kier alpha value is -2.85. The Morgan fingerprint density at radius 1 is 0.508 bits per heavy atom. The number of hydrogen-bond donors (Lipinski definition) is 3. The highest BCUT2D eigenvalue weighted by atomic mass is 31.2. The van der Waals surface area contributed by atoms with Crippen molar-refractivity contribution in [2.24, 2.45) is 5.73 Å². The summed E-state index contributed by atoms with van der Waals surface area (Å²) in [5.41, 5.74) is 5.37. The van der Waals surface area contributed by atoms with Gasteiger partial charge in [-0.2, -0.15) is 0 Å². The van der Waals surface area contributed by atoms with Gasteiger partial charge in [-0.3, -0.25) is 18.6 Å². The fourth-order valence-electron chi connectivity index (χ4n) is 6.74. The molecule has 4 N–H and O–H groups in total. The van der Waals surface area contributed by atoms with Crippen molar-refractivity contribution >= 4 is 19.8 Å². The monoisotopic (exact) mass is 932 g/mol. The summed E-state index contributed by atoms with van der Waals surface area (Å²) in [5, 5.41) is 8.93. The molecule has 11 heteroatoms. The van der Waals surface area contributed by atoms with Gasteiger partial charge >= 0.3 is 19.8 Å². The van der Waals surface area contributed by atoms with Gasteiger partial charge in [0.05, 0.1) is 19.8 Å². The van der Waals surface area contributed by atoms with Gasteiger partial charge in [-0.15, -0.1) is 0 Å². The summed E-state index contributed by atoms with van der Waals surface area (Å²) < 4.78 is 33.4. The molecule has 0 saturated carbocycles.